The SMILES string of the molecule is CCC(C)(C)C1CCC(NC(=O)C2(N)CC2)CC1.Cl. The summed E-state index contributed by atoms with van der Waals surface area (Å²) in [7, 11) is 0. The first-order valence-corrected chi connectivity index (χ1v) is 7.47. The molecule has 0 aromatic heterocycles. The van der Waals surface area contributed by atoms with Crippen LogP contribution >= 0.6 is 12.4 Å². The summed E-state index contributed by atoms with van der Waals surface area (Å²) in [5.41, 5.74) is 5.84. The molecule has 0 heterocycles. The second-order valence-corrected chi connectivity index (χ2v) is 7.02. The molecule has 2 rings (SSSR count). The Morgan fingerprint density at radius 1 is 1.26 bits per heavy atom. The van der Waals surface area contributed by atoms with Gasteiger partial charge < -0.3 is 11.1 Å². The van der Waals surface area contributed by atoms with E-state index >= 15 is 0 Å². The number of nitrogens with one attached hydrogen (secondary N) is 1. The predicted octanol–water partition coefficient (Wildman–Crippen LogP) is 3.01. The van der Waals surface area contributed by atoms with Crippen LogP contribution in [0.1, 0.15) is 65.7 Å². The molecule has 3 nitrogen and oxygen atoms in total. The van der Waals surface area contributed by atoms with Crippen LogP contribution in [0.2, 0.25) is 0 Å². The van der Waals surface area contributed by atoms with E-state index in [4.69, 9.17) is 5.73 Å². The number of amides is 1. The molecule has 0 spiro atoms. The predicted molar refractivity (Wildman–Crippen MR) is 81.4 cm³/mol. The molecule has 2 aliphatic rings. The van der Waals surface area contributed by atoms with Crippen molar-refractivity contribution in [2.24, 2.45) is 17.1 Å². The summed E-state index contributed by atoms with van der Waals surface area (Å²) in [5.74, 6) is 0.893. The minimum Gasteiger partial charge on any atom is -0.352 e. The fourth-order valence-electron chi connectivity index (χ4n) is 3.00. The van der Waals surface area contributed by atoms with Crippen molar-refractivity contribution in [2.75, 3.05) is 0 Å². The first-order valence-electron chi connectivity index (χ1n) is 7.47. The molecule has 2 aliphatic carbocycles. The molecule has 4 heteroatoms. The zero-order valence-electron chi connectivity index (χ0n) is 12.5. The molecular formula is C15H29ClN2O. The number of carbonyl (C=O) groups excluding carboxylic acids is 1. The molecule has 3 N–H and O–H groups in total. The molecule has 0 aromatic carbocycles. The summed E-state index contributed by atoms with van der Waals surface area (Å²) in [6.45, 7) is 7.02. The second kappa shape index (κ2) is 6.01. The van der Waals surface area contributed by atoms with Crippen molar-refractivity contribution in [3.05, 3.63) is 0 Å². The Morgan fingerprint density at radius 2 is 1.79 bits per heavy atom. The highest BCUT2D eigenvalue weighted by Crippen LogP contribution is 2.40. The van der Waals surface area contributed by atoms with Crippen LogP contribution in [-0.4, -0.2) is 17.5 Å². The van der Waals surface area contributed by atoms with Crippen molar-refractivity contribution in [2.45, 2.75) is 77.3 Å². The quantitative estimate of drug-likeness (QED) is 0.835. The molecule has 0 bridgehead atoms. The number of nitrogens with two attached hydrogens (primary N) is 1. The Labute approximate surface area is 123 Å². The lowest BCUT2D eigenvalue weighted by Gasteiger charge is -2.39. The number of hydrogen-bond acceptors (Lipinski definition) is 2. The Bertz CT molecular complexity index is 318. The minimum absolute atomic E-state index is 0. The number of halogens is 1. The molecule has 1 amide bonds. The van der Waals surface area contributed by atoms with Gasteiger partial charge >= 0.3 is 0 Å². The van der Waals surface area contributed by atoms with Gasteiger partial charge in [0.2, 0.25) is 5.91 Å². The average molecular weight is 289 g/mol. The van der Waals surface area contributed by atoms with Crippen molar-refractivity contribution in [3.8, 4) is 0 Å². The van der Waals surface area contributed by atoms with Crippen LogP contribution in [-0.2, 0) is 4.79 Å². The third-order valence-corrected chi connectivity index (χ3v) is 5.32. The summed E-state index contributed by atoms with van der Waals surface area (Å²) in [4.78, 5) is 11.9. The Balaban J connectivity index is 0.00000180. The van der Waals surface area contributed by atoms with E-state index in [1.807, 2.05) is 0 Å². The average Bonchev–Trinajstić information content (AvgIpc) is 3.09. The topological polar surface area (TPSA) is 55.1 Å². The van der Waals surface area contributed by atoms with Crippen LogP contribution in [0.5, 0.6) is 0 Å². The fourth-order valence-corrected chi connectivity index (χ4v) is 3.00. The van der Waals surface area contributed by atoms with Crippen molar-refractivity contribution in [3.63, 3.8) is 0 Å². The normalized spacial score (nSPS) is 29.3. The first kappa shape index (κ1) is 16.8. The molecular weight excluding hydrogens is 260 g/mol. The van der Waals surface area contributed by atoms with Crippen LogP contribution in [0.4, 0.5) is 0 Å². The van der Waals surface area contributed by atoms with Gasteiger partial charge in [-0.2, -0.15) is 0 Å². The van der Waals surface area contributed by atoms with E-state index in [0.717, 1.165) is 31.6 Å². The maximum Gasteiger partial charge on any atom is 0.240 e. The van der Waals surface area contributed by atoms with E-state index in [2.05, 4.69) is 26.1 Å². The lowest BCUT2D eigenvalue weighted by Crippen LogP contribution is -2.48. The maximum absolute atomic E-state index is 11.9. The van der Waals surface area contributed by atoms with Gasteiger partial charge in [-0.05, 0) is 49.9 Å². The van der Waals surface area contributed by atoms with E-state index in [1.165, 1.54) is 19.3 Å². The number of hydrogen-bond donors (Lipinski definition) is 2. The highest BCUT2D eigenvalue weighted by molar-refractivity contribution is 5.89. The maximum atomic E-state index is 11.9. The lowest BCUT2D eigenvalue weighted by molar-refractivity contribution is -0.124. The molecule has 0 unspecified atom stereocenters. The van der Waals surface area contributed by atoms with E-state index in [9.17, 15) is 4.79 Å². The van der Waals surface area contributed by atoms with Crippen molar-refractivity contribution in [1.29, 1.82) is 0 Å². The highest BCUT2D eigenvalue weighted by atomic mass is 35.5. The first-order chi connectivity index (χ1) is 8.37. The zero-order valence-corrected chi connectivity index (χ0v) is 13.3. The monoisotopic (exact) mass is 288 g/mol. The van der Waals surface area contributed by atoms with Crippen LogP contribution in [0.15, 0.2) is 0 Å². The third kappa shape index (κ3) is 3.85. The third-order valence-electron chi connectivity index (χ3n) is 5.32. The summed E-state index contributed by atoms with van der Waals surface area (Å²) in [5, 5.41) is 3.15. The second-order valence-electron chi connectivity index (χ2n) is 7.02. The Morgan fingerprint density at radius 3 is 2.21 bits per heavy atom. The van der Waals surface area contributed by atoms with E-state index in [0.29, 0.717) is 11.5 Å². The molecule has 19 heavy (non-hydrogen) atoms. The van der Waals surface area contributed by atoms with Crippen LogP contribution in [0.25, 0.3) is 0 Å². The Hall–Kier alpha value is -0.280. The standard InChI is InChI=1S/C15H28N2O.ClH/c1-4-14(2,3)11-5-7-12(8-6-11)17-13(18)15(16)9-10-15;/h11-12H,4-10,16H2,1-3H3,(H,17,18);1H. The molecule has 0 aromatic rings. The minimum atomic E-state index is -0.514. The van der Waals surface area contributed by atoms with Gasteiger partial charge in [-0.3, -0.25) is 4.79 Å². The van der Waals surface area contributed by atoms with Crippen LogP contribution < -0.4 is 11.1 Å². The smallest absolute Gasteiger partial charge is 0.240 e. The summed E-state index contributed by atoms with van der Waals surface area (Å²) >= 11 is 0. The molecule has 0 atom stereocenters. The van der Waals surface area contributed by atoms with Gasteiger partial charge in [-0.1, -0.05) is 27.2 Å². The zero-order chi connectivity index (χ0) is 13.4. The van der Waals surface area contributed by atoms with Gasteiger partial charge in [0.1, 0.15) is 0 Å². The summed E-state index contributed by atoms with van der Waals surface area (Å²) in [6, 6.07) is 0.363. The number of carbonyl (C=O) groups is 1. The van der Waals surface area contributed by atoms with Gasteiger partial charge in [0.25, 0.3) is 0 Å². The molecule has 2 saturated carbocycles. The summed E-state index contributed by atoms with van der Waals surface area (Å²) < 4.78 is 0. The van der Waals surface area contributed by atoms with Crippen LogP contribution in [0, 0.1) is 11.3 Å². The van der Waals surface area contributed by atoms with Crippen molar-refractivity contribution < 1.29 is 4.79 Å². The fraction of sp³-hybridized carbons (Fsp3) is 0.933. The molecule has 0 radical (unpaired) electrons. The highest BCUT2D eigenvalue weighted by Gasteiger charge is 2.46. The van der Waals surface area contributed by atoms with Crippen LogP contribution in [0.3, 0.4) is 0 Å². The lowest BCUT2D eigenvalue weighted by atomic mass is 9.69. The van der Waals surface area contributed by atoms with E-state index in [-0.39, 0.29) is 18.3 Å². The number of rotatable bonds is 4. The van der Waals surface area contributed by atoms with Crippen molar-refractivity contribution in [1.82, 2.24) is 5.32 Å². The Kier molecular flexibility index (Phi) is 5.30. The van der Waals surface area contributed by atoms with Gasteiger partial charge in [-0.15, -0.1) is 12.4 Å². The largest absolute Gasteiger partial charge is 0.352 e. The van der Waals surface area contributed by atoms with Gasteiger partial charge in [-0.25, -0.2) is 0 Å². The molecule has 0 aliphatic heterocycles. The molecule has 2 fully saturated rings. The van der Waals surface area contributed by atoms with E-state index in [1.54, 1.807) is 0 Å². The summed E-state index contributed by atoms with van der Waals surface area (Å²) in [6.07, 6.45) is 7.67. The van der Waals surface area contributed by atoms with Gasteiger partial charge in [0, 0.05) is 6.04 Å². The van der Waals surface area contributed by atoms with E-state index < -0.39 is 5.54 Å². The molecule has 112 valence electrons. The van der Waals surface area contributed by atoms with Gasteiger partial charge in [0.05, 0.1) is 5.54 Å². The van der Waals surface area contributed by atoms with Gasteiger partial charge in [0.15, 0.2) is 0 Å². The van der Waals surface area contributed by atoms with Crippen molar-refractivity contribution >= 4 is 18.3 Å². The molecule has 0 saturated heterocycles.